The summed E-state index contributed by atoms with van der Waals surface area (Å²) in [6.07, 6.45) is 4.28. The van der Waals surface area contributed by atoms with Crippen LogP contribution in [0, 0.1) is 5.92 Å². The topological polar surface area (TPSA) is 58.2 Å². The Morgan fingerprint density at radius 1 is 1.09 bits per heavy atom. The molecule has 0 spiro atoms. The highest BCUT2D eigenvalue weighted by Crippen LogP contribution is 2.28. The summed E-state index contributed by atoms with van der Waals surface area (Å²) in [5, 5.41) is 5.76. The van der Waals surface area contributed by atoms with Crippen LogP contribution in [-0.4, -0.2) is 17.9 Å². The summed E-state index contributed by atoms with van der Waals surface area (Å²) < 4.78 is 0. The molecule has 0 bridgehead atoms. The molecule has 1 fully saturated rings. The van der Waals surface area contributed by atoms with E-state index in [4.69, 9.17) is 0 Å². The van der Waals surface area contributed by atoms with Crippen LogP contribution in [0.1, 0.15) is 57.9 Å². The van der Waals surface area contributed by atoms with Crippen molar-refractivity contribution in [3.63, 3.8) is 0 Å². The summed E-state index contributed by atoms with van der Waals surface area (Å²) >= 11 is 0. The molecule has 0 radical (unpaired) electrons. The van der Waals surface area contributed by atoms with E-state index in [1.807, 2.05) is 24.3 Å². The predicted octanol–water partition coefficient (Wildman–Crippen LogP) is 3.44. The lowest BCUT2D eigenvalue weighted by molar-refractivity contribution is -0.126. The van der Waals surface area contributed by atoms with Gasteiger partial charge in [-0.05, 0) is 42.4 Å². The van der Waals surface area contributed by atoms with Gasteiger partial charge in [-0.3, -0.25) is 9.59 Å². The number of nitrogens with one attached hydrogen (secondary N) is 2. The lowest BCUT2D eigenvalue weighted by Gasteiger charge is -2.23. The number of hydrogen-bond donors (Lipinski definition) is 2. The molecular formula is C18H26N2O2. The number of anilines is 1. The minimum Gasteiger partial charge on any atom is -0.344 e. The lowest BCUT2D eigenvalue weighted by Crippen LogP contribution is -2.47. The van der Waals surface area contributed by atoms with Gasteiger partial charge in [0, 0.05) is 12.6 Å². The number of carbonyl (C=O) groups is 2. The Morgan fingerprint density at radius 3 is 2.18 bits per heavy atom. The molecule has 4 nitrogen and oxygen atoms in total. The Labute approximate surface area is 132 Å². The van der Waals surface area contributed by atoms with Crippen molar-refractivity contribution >= 4 is 17.5 Å². The fourth-order valence-corrected chi connectivity index (χ4v) is 3.08. The van der Waals surface area contributed by atoms with Gasteiger partial charge in [0.05, 0.1) is 0 Å². The van der Waals surface area contributed by atoms with Crippen molar-refractivity contribution in [3.8, 4) is 0 Å². The van der Waals surface area contributed by atoms with Crippen molar-refractivity contribution in [1.29, 1.82) is 0 Å². The number of carbonyl (C=O) groups excluding carboxylic acids is 2. The first-order valence-electron chi connectivity index (χ1n) is 8.15. The Bertz CT molecular complexity index is 516. The molecule has 2 N–H and O–H groups in total. The molecule has 1 aromatic rings. The van der Waals surface area contributed by atoms with E-state index in [1.165, 1.54) is 12.5 Å². The van der Waals surface area contributed by atoms with Crippen LogP contribution in [-0.2, 0) is 9.59 Å². The Balaban J connectivity index is 2.04. The molecule has 0 heterocycles. The van der Waals surface area contributed by atoms with Gasteiger partial charge in [0.1, 0.15) is 6.04 Å². The fourth-order valence-electron chi connectivity index (χ4n) is 3.08. The average Bonchev–Trinajstić information content (AvgIpc) is 2.99. The molecule has 22 heavy (non-hydrogen) atoms. The minimum atomic E-state index is -0.426. The van der Waals surface area contributed by atoms with Crippen LogP contribution in [0.2, 0.25) is 0 Å². The van der Waals surface area contributed by atoms with E-state index < -0.39 is 6.04 Å². The summed E-state index contributed by atoms with van der Waals surface area (Å²) in [6, 6.07) is 7.48. The third kappa shape index (κ3) is 4.33. The Kier molecular flexibility index (Phi) is 5.58. The third-order valence-corrected chi connectivity index (χ3v) is 4.36. The molecule has 1 aromatic carbocycles. The van der Waals surface area contributed by atoms with Crippen LogP contribution in [0.5, 0.6) is 0 Å². The largest absolute Gasteiger partial charge is 0.344 e. The highest BCUT2D eigenvalue weighted by molar-refractivity contribution is 5.97. The van der Waals surface area contributed by atoms with Gasteiger partial charge in [-0.25, -0.2) is 0 Å². The minimum absolute atomic E-state index is 0.112. The molecule has 1 saturated carbocycles. The van der Waals surface area contributed by atoms with E-state index in [-0.39, 0.29) is 17.7 Å². The van der Waals surface area contributed by atoms with Gasteiger partial charge in [-0.1, -0.05) is 38.8 Å². The summed E-state index contributed by atoms with van der Waals surface area (Å²) in [6.45, 7) is 5.74. The number of rotatable bonds is 5. The third-order valence-electron chi connectivity index (χ3n) is 4.36. The highest BCUT2D eigenvalue weighted by Gasteiger charge is 2.31. The number of amides is 2. The zero-order valence-corrected chi connectivity index (χ0v) is 13.7. The molecule has 1 unspecified atom stereocenters. The number of hydrogen-bond acceptors (Lipinski definition) is 2. The Hall–Kier alpha value is -1.84. The van der Waals surface area contributed by atoms with E-state index in [9.17, 15) is 9.59 Å². The molecule has 1 atom stereocenters. The van der Waals surface area contributed by atoms with Gasteiger partial charge in [-0.15, -0.1) is 0 Å². The van der Waals surface area contributed by atoms with Gasteiger partial charge in [-0.2, -0.15) is 0 Å². The molecule has 0 aromatic heterocycles. The average molecular weight is 302 g/mol. The highest BCUT2D eigenvalue weighted by atomic mass is 16.2. The second kappa shape index (κ2) is 7.43. The summed E-state index contributed by atoms with van der Waals surface area (Å²) in [7, 11) is 0. The molecule has 2 rings (SSSR count). The normalized spacial score (nSPS) is 16.5. The van der Waals surface area contributed by atoms with Crippen molar-refractivity contribution in [1.82, 2.24) is 5.32 Å². The molecule has 0 aliphatic heterocycles. The van der Waals surface area contributed by atoms with Crippen molar-refractivity contribution in [2.24, 2.45) is 5.92 Å². The van der Waals surface area contributed by atoms with E-state index in [0.717, 1.165) is 31.4 Å². The van der Waals surface area contributed by atoms with Crippen molar-refractivity contribution in [2.45, 2.75) is 58.4 Å². The van der Waals surface area contributed by atoms with Gasteiger partial charge < -0.3 is 10.6 Å². The fraction of sp³-hybridized carbons (Fsp3) is 0.556. The molecule has 2 amide bonds. The number of benzene rings is 1. The van der Waals surface area contributed by atoms with Crippen LogP contribution in [0.15, 0.2) is 24.3 Å². The first kappa shape index (κ1) is 16.5. The monoisotopic (exact) mass is 302 g/mol. The van der Waals surface area contributed by atoms with E-state index in [2.05, 4.69) is 24.5 Å². The van der Waals surface area contributed by atoms with Crippen molar-refractivity contribution in [2.75, 3.05) is 5.32 Å². The standard InChI is InChI=1S/C18H26N2O2/c1-12(2)14-8-10-16(11-9-14)20-18(22)17(19-13(3)21)15-6-4-5-7-15/h8-12,15,17H,4-7H2,1-3H3,(H,19,21)(H,20,22). The maximum atomic E-state index is 12.5. The van der Waals surface area contributed by atoms with Crippen LogP contribution >= 0.6 is 0 Å². The molecular weight excluding hydrogens is 276 g/mol. The second-order valence-electron chi connectivity index (χ2n) is 6.49. The Morgan fingerprint density at radius 2 is 1.68 bits per heavy atom. The molecule has 1 aliphatic rings. The molecule has 4 heteroatoms. The molecule has 0 saturated heterocycles. The molecule has 120 valence electrons. The van der Waals surface area contributed by atoms with Gasteiger partial charge in [0.2, 0.25) is 11.8 Å². The van der Waals surface area contributed by atoms with Crippen LogP contribution in [0.3, 0.4) is 0 Å². The van der Waals surface area contributed by atoms with Gasteiger partial charge >= 0.3 is 0 Å². The van der Waals surface area contributed by atoms with E-state index in [1.54, 1.807) is 0 Å². The summed E-state index contributed by atoms with van der Waals surface area (Å²) in [5.41, 5.74) is 2.02. The summed E-state index contributed by atoms with van der Waals surface area (Å²) in [4.78, 5) is 23.9. The molecule has 1 aliphatic carbocycles. The maximum Gasteiger partial charge on any atom is 0.247 e. The first-order chi connectivity index (χ1) is 10.5. The maximum absolute atomic E-state index is 12.5. The van der Waals surface area contributed by atoms with Crippen LogP contribution in [0.25, 0.3) is 0 Å². The van der Waals surface area contributed by atoms with Crippen molar-refractivity contribution < 1.29 is 9.59 Å². The lowest BCUT2D eigenvalue weighted by atomic mass is 9.97. The second-order valence-corrected chi connectivity index (χ2v) is 6.49. The van der Waals surface area contributed by atoms with Crippen LogP contribution in [0.4, 0.5) is 5.69 Å². The SMILES string of the molecule is CC(=O)NC(C(=O)Nc1ccc(C(C)C)cc1)C1CCCC1. The smallest absolute Gasteiger partial charge is 0.247 e. The quantitative estimate of drug-likeness (QED) is 0.875. The van der Waals surface area contributed by atoms with Gasteiger partial charge in [0.15, 0.2) is 0 Å². The van der Waals surface area contributed by atoms with E-state index in [0.29, 0.717) is 5.92 Å². The predicted molar refractivity (Wildman–Crippen MR) is 88.7 cm³/mol. The zero-order valence-electron chi connectivity index (χ0n) is 13.7. The zero-order chi connectivity index (χ0) is 16.1. The van der Waals surface area contributed by atoms with E-state index >= 15 is 0 Å². The first-order valence-corrected chi connectivity index (χ1v) is 8.15. The van der Waals surface area contributed by atoms with Crippen LogP contribution < -0.4 is 10.6 Å². The van der Waals surface area contributed by atoms with Gasteiger partial charge in [0.25, 0.3) is 0 Å². The van der Waals surface area contributed by atoms with Crippen molar-refractivity contribution in [3.05, 3.63) is 29.8 Å². The summed E-state index contributed by atoms with van der Waals surface area (Å²) in [5.74, 6) is 0.454.